The summed E-state index contributed by atoms with van der Waals surface area (Å²) in [4.78, 5) is 0. The first-order chi connectivity index (χ1) is 7.33. The highest BCUT2D eigenvalue weighted by Crippen LogP contribution is 2.44. The Morgan fingerprint density at radius 2 is 2.40 bits per heavy atom. The van der Waals surface area contributed by atoms with Gasteiger partial charge in [0, 0.05) is 23.8 Å². The number of H-pyrrole nitrogens is 1. The summed E-state index contributed by atoms with van der Waals surface area (Å²) in [5, 5.41) is 10.7. The molecule has 2 saturated carbocycles. The molecule has 1 heterocycles. The van der Waals surface area contributed by atoms with Gasteiger partial charge in [-0.05, 0) is 38.0 Å². The Bertz CT molecular complexity index is 344. The van der Waals surface area contributed by atoms with Crippen LogP contribution in [0.15, 0.2) is 6.20 Å². The average Bonchev–Trinajstić information content (AvgIpc) is 2.90. The van der Waals surface area contributed by atoms with Crippen LogP contribution in [-0.4, -0.2) is 16.2 Å². The van der Waals surface area contributed by atoms with Crippen LogP contribution in [0.25, 0.3) is 0 Å². The van der Waals surface area contributed by atoms with E-state index < -0.39 is 0 Å². The van der Waals surface area contributed by atoms with Gasteiger partial charge in [0.2, 0.25) is 0 Å². The first-order valence-electron chi connectivity index (χ1n) is 6.05. The molecule has 2 N–H and O–H groups in total. The zero-order chi connectivity index (χ0) is 10.3. The van der Waals surface area contributed by atoms with Crippen molar-refractivity contribution in [3.63, 3.8) is 0 Å². The van der Waals surface area contributed by atoms with Gasteiger partial charge in [-0.25, -0.2) is 0 Å². The van der Waals surface area contributed by atoms with Crippen LogP contribution < -0.4 is 5.32 Å². The quantitative estimate of drug-likeness (QED) is 0.792. The molecule has 3 nitrogen and oxygen atoms in total. The highest BCUT2D eigenvalue weighted by atomic mass is 15.1. The second-order valence-corrected chi connectivity index (χ2v) is 5.18. The largest absolute Gasteiger partial charge is 0.310 e. The number of hydrogen-bond acceptors (Lipinski definition) is 2. The number of hydrogen-bond donors (Lipinski definition) is 2. The van der Waals surface area contributed by atoms with Crippen molar-refractivity contribution in [3.05, 3.63) is 17.5 Å². The van der Waals surface area contributed by atoms with Crippen molar-refractivity contribution in [3.8, 4) is 0 Å². The molecular formula is C12H19N3. The molecule has 0 aromatic carbocycles. The summed E-state index contributed by atoms with van der Waals surface area (Å²) >= 11 is 0. The number of nitrogens with one attached hydrogen (secondary N) is 2. The summed E-state index contributed by atoms with van der Waals surface area (Å²) in [7, 11) is 0. The molecule has 0 aliphatic heterocycles. The number of aromatic nitrogens is 2. The van der Waals surface area contributed by atoms with Crippen molar-refractivity contribution in [2.45, 2.75) is 45.2 Å². The lowest BCUT2D eigenvalue weighted by atomic mass is 9.95. The number of aryl methyl sites for hydroxylation is 1. The SMILES string of the molecule is Cc1[nH]ncc1CNC1CC2CCC1C2. The Balaban J connectivity index is 1.57. The minimum absolute atomic E-state index is 0.776. The molecule has 0 radical (unpaired) electrons. The van der Waals surface area contributed by atoms with E-state index in [1.54, 1.807) is 0 Å². The molecule has 82 valence electrons. The van der Waals surface area contributed by atoms with E-state index in [4.69, 9.17) is 0 Å². The van der Waals surface area contributed by atoms with Gasteiger partial charge in [-0.15, -0.1) is 0 Å². The van der Waals surface area contributed by atoms with Gasteiger partial charge in [0.05, 0.1) is 6.20 Å². The molecule has 2 aliphatic carbocycles. The van der Waals surface area contributed by atoms with E-state index in [-0.39, 0.29) is 0 Å². The van der Waals surface area contributed by atoms with Crippen LogP contribution in [0.3, 0.4) is 0 Å². The molecule has 0 saturated heterocycles. The predicted octanol–water partition coefficient (Wildman–Crippen LogP) is 2.00. The maximum absolute atomic E-state index is 4.05. The van der Waals surface area contributed by atoms with Crippen LogP contribution in [-0.2, 0) is 6.54 Å². The molecule has 3 unspecified atom stereocenters. The van der Waals surface area contributed by atoms with Crippen molar-refractivity contribution < 1.29 is 0 Å². The van der Waals surface area contributed by atoms with Crippen molar-refractivity contribution in [1.82, 2.24) is 15.5 Å². The Labute approximate surface area is 90.7 Å². The lowest BCUT2D eigenvalue weighted by Gasteiger charge is -2.22. The summed E-state index contributed by atoms with van der Waals surface area (Å²) < 4.78 is 0. The highest BCUT2D eigenvalue weighted by Gasteiger charge is 2.38. The van der Waals surface area contributed by atoms with E-state index in [9.17, 15) is 0 Å². The predicted molar refractivity (Wildman–Crippen MR) is 59.4 cm³/mol. The average molecular weight is 205 g/mol. The Morgan fingerprint density at radius 1 is 1.47 bits per heavy atom. The lowest BCUT2D eigenvalue weighted by Crippen LogP contribution is -2.33. The van der Waals surface area contributed by atoms with Crippen LogP contribution in [0.5, 0.6) is 0 Å². The van der Waals surface area contributed by atoms with E-state index in [1.807, 2.05) is 6.20 Å². The number of rotatable bonds is 3. The molecule has 2 fully saturated rings. The van der Waals surface area contributed by atoms with E-state index in [2.05, 4.69) is 22.4 Å². The van der Waals surface area contributed by atoms with Crippen LogP contribution >= 0.6 is 0 Å². The summed E-state index contributed by atoms with van der Waals surface area (Å²) in [6, 6.07) is 0.776. The molecule has 0 amide bonds. The Morgan fingerprint density at radius 3 is 3.00 bits per heavy atom. The standard InChI is InChI=1S/C12H19N3/c1-8-11(7-14-15-8)6-13-12-5-9-2-3-10(12)4-9/h7,9-10,12-13H,2-6H2,1H3,(H,14,15). The van der Waals surface area contributed by atoms with E-state index in [0.717, 1.165) is 24.4 Å². The van der Waals surface area contributed by atoms with Gasteiger partial charge >= 0.3 is 0 Å². The van der Waals surface area contributed by atoms with Crippen LogP contribution in [0.4, 0.5) is 0 Å². The van der Waals surface area contributed by atoms with Gasteiger partial charge in [-0.1, -0.05) is 6.42 Å². The van der Waals surface area contributed by atoms with Crippen LogP contribution in [0.1, 0.15) is 36.9 Å². The van der Waals surface area contributed by atoms with Gasteiger partial charge < -0.3 is 5.32 Å². The third-order valence-corrected chi connectivity index (χ3v) is 4.23. The maximum Gasteiger partial charge on any atom is 0.0535 e. The van der Waals surface area contributed by atoms with Crippen LogP contribution in [0.2, 0.25) is 0 Å². The summed E-state index contributed by atoms with van der Waals surface area (Å²) in [6.07, 6.45) is 7.75. The van der Waals surface area contributed by atoms with E-state index >= 15 is 0 Å². The van der Waals surface area contributed by atoms with Crippen molar-refractivity contribution in [2.75, 3.05) is 0 Å². The van der Waals surface area contributed by atoms with Gasteiger partial charge in [0.15, 0.2) is 0 Å². The third kappa shape index (κ3) is 1.69. The van der Waals surface area contributed by atoms with Gasteiger partial charge in [-0.3, -0.25) is 5.10 Å². The summed E-state index contributed by atoms with van der Waals surface area (Å²) in [6.45, 7) is 3.07. The molecular weight excluding hydrogens is 186 g/mol. The minimum atomic E-state index is 0.776. The smallest absolute Gasteiger partial charge is 0.0535 e. The molecule has 2 bridgehead atoms. The fourth-order valence-corrected chi connectivity index (χ4v) is 3.29. The molecule has 3 atom stereocenters. The normalized spacial score (nSPS) is 33.8. The zero-order valence-corrected chi connectivity index (χ0v) is 9.29. The molecule has 1 aromatic rings. The fourth-order valence-electron chi connectivity index (χ4n) is 3.29. The van der Waals surface area contributed by atoms with Crippen LogP contribution in [0, 0.1) is 18.8 Å². The first-order valence-corrected chi connectivity index (χ1v) is 6.05. The highest BCUT2D eigenvalue weighted by molar-refractivity contribution is 5.14. The molecule has 3 rings (SSSR count). The zero-order valence-electron chi connectivity index (χ0n) is 9.29. The Kier molecular flexibility index (Phi) is 2.28. The van der Waals surface area contributed by atoms with E-state index in [0.29, 0.717) is 0 Å². The fraction of sp³-hybridized carbons (Fsp3) is 0.750. The molecule has 1 aromatic heterocycles. The van der Waals surface area contributed by atoms with Crippen molar-refractivity contribution >= 4 is 0 Å². The number of fused-ring (bicyclic) bond motifs is 2. The molecule has 0 spiro atoms. The third-order valence-electron chi connectivity index (χ3n) is 4.23. The van der Waals surface area contributed by atoms with Gasteiger partial charge in [0.1, 0.15) is 0 Å². The maximum atomic E-state index is 4.05. The number of aromatic amines is 1. The van der Waals surface area contributed by atoms with Crippen molar-refractivity contribution in [2.24, 2.45) is 11.8 Å². The first kappa shape index (κ1) is 9.40. The van der Waals surface area contributed by atoms with Gasteiger partial charge in [-0.2, -0.15) is 5.10 Å². The number of nitrogens with zero attached hydrogens (tertiary/aromatic N) is 1. The second-order valence-electron chi connectivity index (χ2n) is 5.18. The van der Waals surface area contributed by atoms with E-state index in [1.165, 1.54) is 36.9 Å². The van der Waals surface area contributed by atoms with Crippen molar-refractivity contribution in [1.29, 1.82) is 0 Å². The molecule has 3 heteroatoms. The Hall–Kier alpha value is -0.830. The van der Waals surface area contributed by atoms with Gasteiger partial charge in [0.25, 0.3) is 0 Å². The summed E-state index contributed by atoms with van der Waals surface area (Å²) in [5.41, 5.74) is 2.52. The topological polar surface area (TPSA) is 40.7 Å². The second kappa shape index (κ2) is 3.63. The molecule has 15 heavy (non-hydrogen) atoms. The summed E-state index contributed by atoms with van der Waals surface area (Å²) in [5.74, 6) is 1.99. The monoisotopic (exact) mass is 205 g/mol. The molecule has 2 aliphatic rings. The minimum Gasteiger partial charge on any atom is -0.310 e. The lowest BCUT2D eigenvalue weighted by molar-refractivity contribution is 0.350.